The summed E-state index contributed by atoms with van der Waals surface area (Å²) in [7, 11) is 0. The fraction of sp³-hybridized carbons (Fsp3) is 0.467. The first kappa shape index (κ1) is 42.7. The number of rotatable bonds is 0. The Morgan fingerprint density at radius 1 is 1.05 bits per heavy atom. The molecule has 0 bridgehead atoms. The predicted octanol–water partition coefficient (Wildman–Crippen LogP) is 5.39. The Bertz CT molecular complexity index is 305. The molecular weight excluding hydrogens is 331 g/mol. The summed E-state index contributed by atoms with van der Waals surface area (Å²) >= 11 is 0. The van der Waals surface area contributed by atoms with Gasteiger partial charge in [0.25, 0.3) is 5.97 Å². The molecular formula is C15H30Cl2O2Ti. The molecule has 0 aromatic heterocycles. The fourth-order valence-corrected chi connectivity index (χ4v) is 1.41. The smallest absolute Gasteiger partial charge is 0.481 e. The molecule has 120 valence electrons. The van der Waals surface area contributed by atoms with Gasteiger partial charge in [-0.2, -0.15) is 11.1 Å². The van der Waals surface area contributed by atoms with Crippen molar-refractivity contribution in [3.8, 4) is 0 Å². The van der Waals surface area contributed by atoms with Crippen LogP contribution in [0, 0.1) is 33.8 Å². The van der Waals surface area contributed by atoms with Crippen molar-refractivity contribution in [3.05, 3.63) is 45.1 Å². The van der Waals surface area contributed by atoms with Gasteiger partial charge in [-0.05, 0) is 0 Å². The fourth-order valence-electron chi connectivity index (χ4n) is 1.41. The molecule has 1 aliphatic rings. The van der Waals surface area contributed by atoms with Gasteiger partial charge in [0.1, 0.15) is 0 Å². The summed E-state index contributed by atoms with van der Waals surface area (Å²) in [6.45, 7) is 12.0. The van der Waals surface area contributed by atoms with Crippen LogP contribution in [0.4, 0.5) is 0 Å². The van der Waals surface area contributed by atoms with E-state index in [1.807, 2.05) is 0 Å². The van der Waals surface area contributed by atoms with Crippen LogP contribution in [0.5, 0.6) is 0 Å². The van der Waals surface area contributed by atoms with Crippen LogP contribution in [0.2, 0.25) is 0 Å². The van der Waals surface area contributed by atoms with Crippen molar-refractivity contribution in [1.82, 2.24) is 0 Å². The van der Waals surface area contributed by atoms with Crippen molar-refractivity contribution >= 4 is 30.8 Å². The third kappa shape index (κ3) is 14.6. The van der Waals surface area contributed by atoms with Crippen molar-refractivity contribution in [1.29, 1.82) is 0 Å². The minimum absolute atomic E-state index is 0. The molecule has 0 aliphatic heterocycles. The van der Waals surface area contributed by atoms with Gasteiger partial charge in [0.15, 0.2) is 0 Å². The van der Waals surface area contributed by atoms with Crippen molar-refractivity contribution < 1.29 is 31.6 Å². The molecule has 5 heteroatoms. The second kappa shape index (κ2) is 17.3. The van der Waals surface area contributed by atoms with E-state index < -0.39 is 5.97 Å². The SMILES string of the molecule is CC(=O)O.CC1=[C-]C(C)(C)C(C)=C1C.Cl.Cl.[CH3-].[CH3-].[CH3-].[Ti+4]. The van der Waals surface area contributed by atoms with Crippen LogP contribution in [0.15, 0.2) is 16.7 Å². The summed E-state index contributed by atoms with van der Waals surface area (Å²) in [4.78, 5) is 9.00. The molecule has 0 saturated carbocycles. The molecule has 1 aliphatic carbocycles. The predicted molar refractivity (Wildman–Crippen MR) is 91.6 cm³/mol. The van der Waals surface area contributed by atoms with Gasteiger partial charge < -0.3 is 27.4 Å². The Morgan fingerprint density at radius 3 is 1.35 bits per heavy atom. The van der Waals surface area contributed by atoms with Crippen LogP contribution >= 0.6 is 24.8 Å². The minimum Gasteiger partial charge on any atom is -0.481 e. The maximum absolute atomic E-state index is 9.00. The average molecular weight is 361 g/mol. The normalized spacial score (nSPS) is 13.0. The number of hydrogen-bond donors (Lipinski definition) is 1. The number of halogens is 2. The summed E-state index contributed by atoms with van der Waals surface area (Å²) in [5.41, 5.74) is 4.39. The summed E-state index contributed by atoms with van der Waals surface area (Å²) in [5.74, 6) is -0.833. The maximum Gasteiger partial charge on any atom is 4.00 e. The largest absolute Gasteiger partial charge is 4.00 e. The number of allylic oxidation sites excluding steroid dienone is 4. The van der Waals surface area contributed by atoms with Crippen LogP contribution in [-0.4, -0.2) is 11.1 Å². The topological polar surface area (TPSA) is 37.3 Å². The number of carboxylic acids is 1. The number of aliphatic carboxylic acids is 1. The van der Waals surface area contributed by atoms with E-state index in [1.54, 1.807) is 0 Å². The molecule has 0 heterocycles. The van der Waals surface area contributed by atoms with Crippen LogP contribution < -0.4 is 0 Å². The molecule has 0 radical (unpaired) electrons. The third-order valence-electron chi connectivity index (χ3n) is 2.56. The van der Waals surface area contributed by atoms with Crippen LogP contribution in [-0.2, 0) is 26.5 Å². The second-order valence-corrected chi connectivity index (χ2v) is 4.14. The van der Waals surface area contributed by atoms with Crippen LogP contribution in [0.25, 0.3) is 0 Å². The second-order valence-electron chi connectivity index (χ2n) is 4.14. The van der Waals surface area contributed by atoms with Gasteiger partial charge in [-0.3, -0.25) is 10.9 Å². The van der Waals surface area contributed by atoms with E-state index in [0.717, 1.165) is 6.92 Å². The van der Waals surface area contributed by atoms with Gasteiger partial charge in [-0.1, -0.05) is 33.1 Å². The summed E-state index contributed by atoms with van der Waals surface area (Å²) in [5, 5.41) is 7.42. The molecule has 0 unspecified atom stereocenters. The van der Waals surface area contributed by atoms with Gasteiger partial charge in [0, 0.05) is 6.92 Å². The molecule has 20 heavy (non-hydrogen) atoms. The zero-order chi connectivity index (χ0) is 11.5. The van der Waals surface area contributed by atoms with Crippen LogP contribution in [0.3, 0.4) is 0 Å². The number of carboxylic acid groups (broad SMARTS) is 1. The monoisotopic (exact) mass is 360 g/mol. The molecule has 0 aromatic carbocycles. The van der Waals surface area contributed by atoms with E-state index >= 15 is 0 Å². The number of carbonyl (C=O) groups is 1. The van der Waals surface area contributed by atoms with Gasteiger partial charge in [-0.15, -0.1) is 31.7 Å². The Labute approximate surface area is 154 Å². The first-order valence-corrected chi connectivity index (χ1v) is 4.68. The molecule has 0 amide bonds. The first-order chi connectivity index (χ1) is 6.18. The Balaban J connectivity index is -0.0000000309. The van der Waals surface area contributed by atoms with E-state index in [2.05, 4.69) is 40.7 Å². The van der Waals surface area contributed by atoms with E-state index in [0.29, 0.717) is 0 Å². The standard InChI is InChI=1S/C10H15.C2H4O2.3CH3.2ClH.Ti/c1-7-6-10(4,5)9(3)8(7)2;1-2(3)4;;;;;;/h1-5H3;1H3,(H,3,4);3*1H3;2*1H;/q-1;;3*-1;;;+4. The minimum atomic E-state index is -0.833. The molecule has 1 N–H and O–H groups in total. The van der Waals surface area contributed by atoms with E-state index in [1.165, 1.54) is 16.7 Å². The molecule has 2 nitrogen and oxygen atoms in total. The van der Waals surface area contributed by atoms with Crippen molar-refractivity contribution in [2.75, 3.05) is 0 Å². The maximum atomic E-state index is 9.00. The van der Waals surface area contributed by atoms with Crippen molar-refractivity contribution in [3.63, 3.8) is 0 Å². The van der Waals surface area contributed by atoms with Crippen molar-refractivity contribution in [2.24, 2.45) is 5.41 Å². The molecule has 1 rings (SSSR count). The number of hydrogen-bond acceptors (Lipinski definition) is 1. The molecule has 0 aromatic rings. The van der Waals surface area contributed by atoms with Crippen molar-refractivity contribution in [2.45, 2.75) is 41.5 Å². The van der Waals surface area contributed by atoms with Crippen LogP contribution in [0.1, 0.15) is 41.5 Å². The summed E-state index contributed by atoms with van der Waals surface area (Å²) in [6, 6.07) is 0. The zero-order valence-electron chi connectivity index (χ0n) is 14.2. The Kier molecular flexibility index (Phi) is 37.0. The van der Waals surface area contributed by atoms with E-state index in [-0.39, 0.29) is 74.2 Å². The van der Waals surface area contributed by atoms with Gasteiger partial charge in [-0.25, -0.2) is 5.57 Å². The first-order valence-electron chi connectivity index (χ1n) is 4.68. The molecule has 0 atom stereocenters. The quantitative estimate of drug-likeness (QED) is 0.464. The van der Waals surface area contributed by atoms with Gasteiger partial charge in [0.2, 0.25) is 0 Å². The van der Waals surface area contributed by atoms with E-state index in [4.69, 9.17) is 9.90 Å². The Hall–Kier alpha value is 0.244. The molecule has 0 saturated heterocycles. The molecule has 0 spiro atoms. The Morgan fingerprint density at radius 2 is 1.30 bits per heavy atom. The summed E-state index contributed by atoms with van der Waals surface area (Å²) in [6.07, 6.45) is 3.44. The average Bonchev–Trinajstić information content (AvgIpc) is 2.13. The van der Waals surface area contributed by atoms with Gasteiger partial charge in [0.05, 0.1) is 0 Å². The third-order valence-corrected chi connectivity index (χ3v) is 2.56. The molecule has 0 fully saturated rings. The van der Waals surface area contributed by atoms with E-state index in [9.17, 15) is 0 Å². The zero-order valence-corrected chi connectivity index (χ0v) is 17.4. The van der Waals surface area contributed by atoms with Gasteiger partial charge >= 0.3 is 21.7 Å². The summed E-state index contributed by atoms with van der Waals surface area (Å²) < 4.78 is 0.